The first kappa shape index (κ1) is 18.1. The second-order valence-corrected chi connectivity index (χ2v) is 7.15. The van der Waals surface area contributed by atoms with Gasteiger partial charge >= 0.3 is 12.1 Å². The molecule has 3 rings (SSSR count). The molecule has 0 saturated carbocycles. The monoisotopic (exact) mass is 372 g/mol. The summed E-state index contributed by atoms with van der Waals surface area (Å²) in [6.07, 6.45) is -0.533. The third kappa shape index (κ3) is 3.32. The summed E-state index contributed by atoms with van der Waals surface area (Å²) < 4.78 is 0. The molecule has 0 bridgehead atoms. The molecule has 2 aromatic carbocycles. The number of para-hydroxylation sites is 1. The van der Waals surface area contributed by atoms with Crippen LogP contribution in [0.1, 0.15) is 13.8 Å². The number of hydrogen-bond donors (Lipinski definition) is 2. The Balaban J connectivity index is 1.83. The van der Waals surface area contributed by atoms with Crippen LogP contribution in [0, 0.1) is 0 Å². The molecule has 1 aliphatic rings. The van der Waals surface area contributed by atoms with Crippen LogP contribution in [0.3, 0.4) is 0 Å². The molecule has 1 aliphatic heterocycles. The second-order valence-electron chi connectivity index (χ2n) is 6.71. The van der Waals surface area contributed by atoms with E-state index in [1.165, 1.54) is 0 Å². The van der Waals surface area contributed by atoms with Crippen molar-refractivity contribution in [2.75, 3.05) is 17.3 Å². The molecule has 136 valence electrons. The first-order valence-electron chi connectivity index (χ1n) is 8.26. The van der Waals surface area contributed by atoms with Gasteiger partial charge in [0.2, 0.25) is 0 Å². The smallest absolute Gasteiger partial charge is 0.318 e. The second kappa shape index (κ2) is 6.88. The maximum atomic E-state index is 12.8. The van der Waals surface area contributed by atoms with Crippen LogP contribution < -0.4 is 15.5 Å². The molecule has 1 heterocycles. The molecule has 0 aromatic heterocycles. The van der Waals surface area contributed by atoms with Gasteiger partial charge in [-0.25, -0.2) is 9.59 Å². The van der Waals surface area contributed by atoms with Gasteiger partial charge in [-0.2, -0.15) is 0 Å². The summed E-state index contributed by atoms with van der Waals surface area (Å²) in [5, 5.41) is 6.29. The van der Waals surface area contributed by atoms with Gasteiger partial charge in [0.25, 0.3) is 0 Å². The molecule has 0 radical (unpaired) electrons. The number of carbonyl (C=O) groups is 2. The Labute approximate surface area is 157 Å². The molecular formula is C19H21ClN4O2. The van der Waals surface area contributed by atoms with Crippen LogP contribution in [-0.4, -0.2) is 35.7 Å². The average molecular weight is 373 g/mol. The van der Waals surface area contributed by atoms with Crippen molar-refractivity contribution in [3.8, 4) is 0 Å². The van der Waals surface area contributed by atoms with E-state index in [1.54, 1.807) is 41.1 Å². The third-order valence-electron chi connectivity index (χ3n) is 4.69. The number of urea groups is 2. The summed E-state index contributed by atoms with van der Waals surface area (Å²) in [5.41, 5.74) is 0.755. The highest BCUT2D eigenvalue weighted by Crippen LogP contribution is 2.33. The largest absolute Gasteiger partial charge is 0.326 e. The van der Waals surface area contributed by atoms with Crippen molar-refractivity contribution in [2.45, 2.75) is 25.6 Å². The number of rotatable bonds is 3. The number of amides is 4. The van der Waals surface area contributed by atoms with Crippen LogP contribution in [0.15, 0.2) is 54.6 Å². The molecule has 26 heavy (non-hydrogen) atoms. The third-order valence-corrected chi connectivity index (χ3v) is 4.94. The molecule has 0 spiro atoms. The summed E-state index contributed by atoms with van der Waals surface area (Å²) in [6, 6.07) is 15.6. The lowest BCUT2D eigenvalue weighted by Gasteiger charge is -2.33. The van der Waals surface area contributed by atoms with Gasteiger partial charge in [0.1, 0.15) is 6.17 Å². The number of nitrogens with zero attached hydrogens (tertiary/aromatic N) is 2. The molecule has 6 nitrogen and oxygen atoms in total. The van der Waals surface area contributed by atoms with E-state index in [2.05, 4.69) is 10.6 Å². The van der Waals surface area contributed by atoms with E-state index in [0.717, 1.165) is 5.69 Å². The van der Waals surface area contributed by atoms with Crippen LogP contribution in [0.25, 0.3) is 0 Å². The van der Waals surface area contributed by atoms with Crippen LogP contribution >= 0.6 is 11.6 Å². The normalized spacial score (nSPS) is 18.8. The van der Waals surface area contributed by atoms with Crippen molar-refractivity contribution in [2.24, 2.45) is 0 Å². The van der Waals surface area contributed by atoms with Crippen LogP contribution in [0.4, 0.5) is 21.0 Å². The maximum Gasteiger partial charge on any atom is 0.326 e. The van der Waals surface area contributed by atoms with Gasteiger partial charge in [-0.1, -0.05) is 29.8 Å². The fourth-order valence-corrected chi connectivity index (χ4v) is 3.06. The summed E-state index contributed by atoms with van der Waals surface area (Å²) >= 11 is 5.86. The first-order valence-corrected chi connectivity index (χ1v) is 8.63. The molecule has 0 aliphatic carbocycles. The number of nitrogens with one attached hydrogen (secondary N) is 2. The molecule has 4 amide bonds. The minimum atomic E-state index is -0.593. The van der Waals surface area contributed by atoms with E-state index in [-0.39, 0.29) is 6.03 Å². The SMILES string of the molecule is CN1C(=O)N(c2ccccc2)C(NC(=O)Nc2ccc(Cl)cc2)C1(C)C. The van der Waals surface area contributed by atoms with Gasteiger partial charge in [0.05, 0.1) is 5.54 Å². The predicted molar refractivity (Wildman–Crippen MR) is 104 cm³/mol. The van der Waals surface area contributed by atoms with Gasteiger partial charge < -0.3 is 15.5 Å². The summed E-state index contributed by atoms with van der Waals surface area (Å²) in [7, 11) is 1.73. The minimum Gasteiger partial charge on any atom is -0.318 e. The number of hydrogen-bond acceptors (Lipinski definition) is 2. The number of carbonyl (C=O) groups excluding carboxylic acids is 2. The lowest BCUT2D eigenvalue weighted by atomic mass is 10.0. The number of benzene rings is 2. The van der Waals surface area contributed by atoms with Gasteiger partial charge in [-0.05, 0) is 50.2 Å². The van der Waals surface area contributed by atoms with E-state index in [1.807, 2.05) is 44.2 Å². The zero-order valence-corrected chi connectivity index (χ0v) is 15.6. The van der Waals surface area contributed by atoms with Crippen LogP contribution in [-0.2, 0) is 0 Å². The Kier molecular flexibility index (Phi) is 4.78. The van der Waals surface area contributed by atoms with E-state index in [0.29, 0.717) is 10.7 Å². The Bertz CT molecular complexity index is 808. The fraction of sp³-hybridized carbons (Fsp3) is 0.263. The molecule has 1 fully saturated rings. The van der Waals surface area contributed by atoms with E-state index >= 15 is 0 Å². The molecule has 7 heteroatoms. The first-order chi connectivity index (χ1) is 12.3. The molecule has 1 saturated heterocycles. The van der Waals surface area contributed by atoms with Crippen molar-refractivity contribution in [1.82, 2.24) is 10.2 Å². The molecule has 1 atom stereocenters. The van der Waals surface area contributed by atoms with E-state index < -0.39 is 17.7 Å². The number of likely N-dealkylation sites (N-methyl/N-ethyl adjacent to an activating group) is 1. The van der Waals surface area contributed by atoms with Crippen molar-refractivity contribution >= 4 is 35.0 Å². The van der Waals surface area contributed by atoms with Crippen LogP contribution in [0.5, 0.6) is 0 Å². The topological polar surface area (TPSA) is 64.7 Å². The zero-order chi connectivity index (χ0) is 18.9. The number of anilines is 2. The average Bonchev–Trinajstić information content (AvgIpc) is 2.78. The summed E-state index contributed by atoms with van der Waals surface area (Å²) in [4.78, 5) is 28.5. The number of halogens is 1. The van der Waals surface area contributed by atoms with Crippen molar-refractivity contribution in [3.63, 3.8) is 0 Å². The van der Waals surface area contributed by atoms with Crippen molar-refractivity contribution in [3.05, 3.63) is 59.6 Å². The lowest BCUT2D eigenvalue weighted by Crippen LogP contribution is -2.56. The van der Waals surface area contributed by atoms with E-state index in [4.69, 9.17) is 11.6 Å². The highest BCUT2D eigenvalue weighted by molar-refractivity contribution is 6.30. The molecule has 1 unspecified atom stereocenters. The maximum absolute atomic E-state index is 12.8. The van der Waals surface area contributed by atoms with Gasteiger partial charge in [0, 0.05) is 23.4 Å². The molecule has 2 aromatic rings. The molecule has 2 N–H and O–H groups in total. The Morgan fingerprint density at radius 3 is 2.31 bits per heavy atom. The highest BCUT2D eigenvalue weighted by Gasteiger charge is 2.51. The fourth-order valence-electron chi connectivity index (χ4n) is 2.93. The Morgan fingerprint density at radius 1 is 1.08 bits per heavy atom. The van der Waals surface area contributed by atoms with Crippen molar-refractivity contribution < 1.29 is 9.59 Å². The Morgan fingerprint density at radius 2 is 1.69 bits per heavy atom. The summed E-state index contributed by atoms with van der Waals surface area (Å²) in [5.74, 6) is 0. The highest BCUT2D eigenvalue weighted by atomic mass is 35.5. The zero-order valence-electron chi connectivity index (χ0n) is 14.9. The van der Waals surface area contributed by atoms with Gasteiger partial charge in [-0.3, -0.25) is 4.90 Å². The lowest BCUT2D eigenvalue weighted by molar-refractivity contribution is 0.180. The Hall–Kier alpha value is -2.73. The minimum absolute atomic E-state index is 0.169. The molecular weight excluding hydrogens is 352 g/mol. The van der Waals surface area contributed by atoms with Crippen molar-refractivity contribution in [1.29, 1.82) is 0 Å². The quantitative estimate of drug-likeness (QED) is 0.850. The summed E-state index contributed by atoms with van der Waals surface area (Å²) in [6.45, 7) is 3.84. The van der Waals surface area contributed by atoms with E-state index in [9.17, 15) is 9.59 Å². The van der Waals surface area contributed by atoms with Gasteiger partial charge in [-0.15, -0.1) is 0 Å². The van der Waals surface area contributed by atoms with Gasteiger partial charge in [0.15, 0.2) is 0 Å². The standard InChI is InChI=1S/C19H21ClN4O2/c1-19(2)16(22-17(25)21-14-11-9-13(20)10-12-14)24(18(26)23(19)3)15-7-5-4-6-8-15/h4-12,16H,1-3H3,(H2,21,22,25). The predicted octanol–water partition coefficient (Wildman–Crippen LogP) is 4.14. The van der Waals surface area contributed by atoms with Crippen LogP contribution in [0.2, 0.25) is 5.02 Å².